The number of benzene rings is 2. The third kappa shape index (κ3) is 3.92. The molecule has 1 spiro atoms. The van der Waals surface area contributed by atoms with Gasteiger partial charge < -0.3 is 15.3 Å². The highest BCUT2D eigenvalue weighted by Gasteiger charge is 2.50. The first kappa shape index (κ1) is 22.5. The van der Waals surface area contributed by atoms with Crippen molar-refractivity contribution in [1.29, 1.82) is 0 Å². The van der Waals surface area contributed by atoms with E-state index < -0.39 is 5.60 Å². The highest BCUT2D eigenvalue weighted by molar-refractivity contribution is 5.87. The highest BCUT2D eigenvalue weighted by Crippen LogP contribution is 2.49. The third-order valence-electron chi connectivity index (χ3n) is 7.45. The van der Waals surface area contributed by atoms with E-state index in [2.05, 4.69) is 5.32 Å². The molecule has 6 heteroatoms. The molecule has 0 aliphatic carbocycles. The van der Waals surface area contributed by atoms with Gasteiger partial charge in [-0.15, -0.1) is 0 Å². The lowest BCUT2D eigenvalue weighted by Crippen LogP contribution is -2.56. The lowest BCUT2D eigenvalue weighted by Gasteiger charge is -2.50. The van der Waals surface area contributed by atoms with Crippen LogP contribution < -0.4 is 5.32 Å². The minimum atomic E-state index is -1.59. The maximum atomic E-state index is 13.5. The number of nitrogens with zero attached hydrogens (tertiary/aromatic N) is 1. The summed E-state index contributed by atoms with van der Waals surface area (Å²) in [5.74, 6) is -0.771. The summed E-state index contributed by atoms with van der Waals surface area (Å²) < 4.78 is 13.5. The van der Waals surface area contributed by atoms with Gasteiger partial charge in [0, 0.05) is 32.0 Å². The van der Waals surface area contributed by atoms with Crippen LogP contribution in [-0.4, -0.2) is 41.5 Å². The number of nitrogens with one attached hydrogen (secondary N) is 1. The number of rotatable bonds is 4. The predicted molar refractivity (Wildman–Crippen MR) is 120 cm³/mol. The lowest BCUT2D eigenvalue weighted by atomic mass is 9.62. The van der Waals surface area contributed by atoms with E-state index in [1.807, 2.05) is 32.0 Å². The highest BCUT2D eigenvalue weighted by atomic mass is 19.1. The van der Waals surface area contributed by atoms with E-state index in [-0.39, 0.29) is 34.9 Å². The van der Waals surface area contributed by atoms with Crippen molar-refractivity contribution in [2.24, 2.45) is 11.3 Å². The molecule has 0 saturated carbocycles. The fraction of sp³-hybridized carbons (Fsp3) is 0.462. The van der Waals surface area contributed by atoms with E-state index in [0.29, 0.717) is 44.5 Å². The van der Waals surface area contributed by atoms with Gasteiger partial charge in [0.2, 0.25) is 5.91 Å². The molecule has 2 heterocycles. The van der Waals surface area contributed by atoms with Crippen LogP contribution in [0.1, 0.15) is 50.2 Å². The number of hydrogen-bond acceptors (Lipinski definition) is 3. The first-order valence-electron chi connectivity index (χ1n) is 11.4. The van der Waals surface area contributed by atoms with Gasteiger partial charge in [0.25, 0.3) is 5.91 Å². The number of carbonyl (C=O) groups is 2. The summed E-state index contributed by atoms with van der Waals surface area (Å²) in [6.07, 6.45) is 1.72. The molecule has 0 radical (unpaired) electrons. The van der Waals surface area contributed by atoms with Crippen molar-refractivity contribution in [1.82, 2.24) is 10.2 Å². The summed E-state index contributed by atoms with van der Waals surface area (Å²) in [5, 5.41) is 14.4. The van der Waals surface area contributed by atoms with Crippen molar-refractivity contribution in [3.63, 3.8) is 0 Å². The second kappa shape index (κ2) is 8.66. The Morgan fingerprint density at radius 2 is 1.75 bits per heavy atom. The summed E-state index contributed by atoms with van der Waals surface area (Å²) in [7, 11) is 0. The Bertz CT molecular complexity index is 968. The minimum absolute atomic E-state index is 0.0195. The zero-order valence-electron chi connectivity index (χ0n) is 18.7. The average molecular weight is 439 g/mol. The number of amides is 2. The van der Waals surface area contributed by atoms with Crippen molar-refractivity contribution in [2.75, 3.05) is 19.6 Å². The van der Waals surface area contributed by atoms with E-state index in [9.17, 15) is 19.1 Å². The summed E-state index contributed by atoms with van der Waals surface area (Å²) in [6.45, 7) is 5.18. The molecule has 2 fully saturated rings. The predicted octanol–water partition coefficient (Wildman–Crippen LogP) is 3.58. The summed E-state index contributed by atoms with van der Waals surface area (Å²) in [4.78, 5) is 27.6. The minimum Gasteiger partial charge on any atom is -0.375 e. The first-order chi connectivity index (χ1) is 15.3. The molecule has 170 valence electrons. The Morgan fingerprint density at radius 3 is 2.34 bits per heavy atom. The molecule has 2 N–H and O–H groups in total. The van der Waals surface area contributed by atoms with Crippen LogP contribution in [0.2, 0.25) is 0 Å². The van der Waals surface area contributed by atoms with Gasteiger partial charge in [-0.1, -0.05) is 56.3 Å². The zero-order chi connectivity index (χ0) is 22.9. The molecule has 1 unspecified atom stereocenters. The van der Waals surface area contributed by atoms with Gasteiger partial charge in [-0.2, -0.15) is 0 Å². The smallest absolute Gasteiger partial charge is 0.259 e. The standard InChI is InChI=1S/C26H31FN2O3/c1-18(2)26(32,20-6-4-3-5-7-20)24(31)29-14-12-25(13-15-29)16-23(30)28-17-22(25)19-8-10-21(27)11-9-19/h3-11,18,22,32H,12-17H2,1-2H3,(H,28,30)/t22-,26?/m0/s1. The molecule has 5 nitrogen and oxygen atoms in total. The quantitative estimate of drug-likeness (QED) is 0.767. The van der Waals surface area contributed by atoms with Crippen LogP contribution in [0, 0.1) is 17.2 Å². The second-order valence-electron chi connectivity index (χ2n) is 9.53. The molecule has 2 atom stereocenters. The molecule has 2 aromatic rings. The van der Waals surface area contributed by atoms with Crippen LogP contribution in [0.5, 0.6) is 0 Å². The summed E-state index contributed by atoms with van der Waals surface area (Å²) in [5.41, 5.74) is -0.262. The van der Waals surface area contributed by atoms with Crippen LogP contribution in [0.15, 0.2) is 54.6 Å². The first-order valence-corrected chi connectivity index (χ1v) is 11.4. The second-order valence-corrected chi connectivity index (χ2v) is 9.53. The third-order valence-corrected chi connectivity index (χ3v) is 7.45. The van der Waals surface area contributed by atoms with E-state index in [1.54, 1.807) is 29.2 Å². The number of aliphatic hydroxyl groups is 1. The number of halogens is 1. The van der Waals surface area contributed by atoms with Crippen LogP contribution in [0.4, 0.5) is 4.39 Å². The molecule has 32 heavy (non-hydrogen) atoms. The van der Waals surface area contributed by atoms with Gasteiger partial charge in [0.15, 0.2) is 5.60 Å². The maximum Gasteiger partial charge on any atom is 0.259 e. The SMILES string of the molecule is CC(C)C(O)(C(=O)N1CCC2(CC1)CC(=O)NC[C@H]2c1ccc(F)cc1)c1ccccc1. The number of likely N-dealkylation sites (tertiary alicyclic amines) is 1. The topological polar surface area (TPSA) is 69.6 Å². The summed E-state index contributed by atoms with van der Waals surface area (Å²) in [6, 6.07) is 15.6. The molecule has 0 aromatic heterocycles. The maximum absolute atomic E-state index is 13.5. The van der Waals surface area contributed by atoms with Crippen molar-refractivity contribution in [3.8, 4) is 0 Å². The average Bonchev–Trinajstić information content (AvgIpc) is 2.80. The number of hydrogen-bond donors (Lipinski definition) is 2. The number of piperidine rings is 2. The molecule has 4 rings (SSSR count). The lowest BCUT2D eigenvalue weighted by molar-refractivity contribution is -0.161. The van der Waals surface area contributed by atoms with E-state index in [0.717, 1.165) is 5.56 Å². The largest absolute Gasteiger partial charge is 0.375 e. The van der Waals surface area contributed by atoms with E-state index >= 15 is 0 Å². The Balaban J connectivity index is 1.56. The van der Waals surface area contributed by atoms with Gasteiger partial charge in [0.1, 0.15) is 5.82 Å². The normalized spacial score (nSPS) is 22.5. The molecule has 2 aliphatic heterocycles. The summed E-state index contributed by atoms with van der Waals surface area (Å²) >= 11 is 0. The molecular formula is C26H31FN2O3. The Kier molecular flexibility index (Phi) is 6.08. The van der Waals surface area contributed by atoms with Gasteiger partial charge in [-0.3, -0.25) is 9.59 Å². The van der Waals surface area contributed by atoms with Crippen LogP contribution in [-0.2, 0) is 15.2 Å². The molecule has 2 saturated heterocycles. The van der Waals surface area contributed by atoms with Gasteiger partial charge in [0.05, 0.1) is 0 Å². The Morgan fingerprint density at radius 1 is 1.12 bits per heavy atom. The molecule has 2 aliphatic rings. The fourth-order valence-electron chi connectivity index (χ4n) is 5.42. The Labute approximate surface area is 188 Å². The molecular weight excluding hydrogens is 407 g/mol. The monoisotopic (exact) mass is 438 g/mol. The zero-order valence-corrected chi connectivity index (χ0v) is 18.7. The molecule has 2 aromatic carbocycles. The van der Waals surface area contributed by atoms with Crippen molar-refractivity contribution in [2.45, 2.75) is 44.6 Å². The molecule has 0 bridgehead atoms. The van der Waals surface area contributed by atoms with Gasteiger partial charge in [-0.05, 0) is 47.4 Å². The van der Waals surface area contributed by atoms with Crippen molar-refractivity contribution in [3.05, 3.63) is 71.5 Å². The van der Waals surface area contributed by atoms with Gasteiger partial charge in [-0.25, -0.2) is 4.39 Å². The van der Waals surface area contributed by atoms with Crippen molar-refractivity contribution < 1.29 is 19.1 Å². The van der Waals surface area contributed by atoms with Crippen LogP contribution in [0.3, 0.4) is 0 Å². The molecule has 2 amide bonds. The van der Waals surface area contributed by atoms with Crippen LogP contribution >= 0.6 is 0 Å². The number of carbonyl (C=O) groups excluding carboxylic acids is 2. The van der Waals surface area contributed by atoms with Crippen LogP contribution in [0.25, 0.3) is 0 Å². The van der Waals surface area contributed by atoms with E-state index in [1.165, 1.54) is 12.1 Å². The fourth-order valence-corrected chi connectivity index (χ4v) is 5.42. The Hall–Kier alpha value is -2.73. The van der Waals surface area contributed by atoms with Crippen molar-refractivity contribution >= 4 is 11.8 Å². The van der Waals surface area contributed by atoms with E-state index in [4.69, 9.17) is 0 Å². The van der Waals surface area contributed by atoms with Gasteiger partial charge >= 0.3 is 0 Å².